The van der Waals surface area contributed by atoms with Gasteiger partial charge in [-0.3, -0.25) is 4.79 Å². The molecular formula is C26H23ClN2O2. The number of halogens is 1. The summed E-state index contributed by atoms with van der Waals surface area (Å²) in [7, 11) is 0. The van der Waals surface area contributed by atoms with Gasteiger partial charge >= 0.3 is 0 Å². The van der Waals surface area contributed by atoms with Gasteiger partial charge in [0.05, 0.1) is 24.8 Å². The monoisotopic (exact) mass is 430 g/mol. The zero-order valence-electron chi connectivity index (χ0n) is 17.1. The van der Waals surface area contributed by atoms with E-state index in [-0.39, 0.29) is 5.78 Å². The number of aromatic nitrogens is 2. The van der Waals surface area contributed by atoms with Crippen molar-refractivity contribution in [2.45, 2.75) is 19.3 Å². The Hall–Kier alpha value is -3.37. The standard InChI is InChI=1S/C26H23ClN2O2/c27-24-16-20(15-22(30)14-19-6-2-1-3-7-19)10-11-21(24)12-13-31-26-9-5-4-8-23(26)25-17-28-18-29-25/h1-11,16-18H,12-15H2,(H,28,29). The number of para-hydroxylation sites is 1. The Morgan fingerprint density at radius 1 is 0.935 bits per heavy atom. The lowest BCUT2D eigenvalue weighted by Crippen LogP contribution is -2.07. The van der Waals surface area contributed by atoms with E-state index in [1.165, 1.54) is 0 Å². The lowest BCUT2D eigenvalue weighted by atomic mass is 10.0. The summed E-state index contributed by atoms with van der Waals surface area (Å²) in [5.74, 6) is 0.972. The van der Waals surface area contributed by atoms with Crippen LogP contribution in [0, 0.1) is 0 Å². The molecule has 156 valence electrons. The largest absolute Gasteiger partial charge is 0.493 e. The van der Waals surface area contributed by atoms with Gasteiger partial charge in [-0.25, -0.2) is 4.98 Å². The van der Waals surface area contributed by atoms with Gasteiger partial charge in [0.1, 0.15) is 11.5 Å². The SMILES string of the molecule is O=C(Cc1ccccc1)Cc1ccc(CCOc2ccccc2-c2cnc[nH]2)c(Cl)c1. The van der Waals surface area contributed by atoms with Crippen LogP contribution in [0.5, 0.6) is 5.75 Å². The molecule has 4 aromatic rings. The van der Waals surface area contributed by atoms with Gasteiger partial charge in [0.25, 0.3) is 0 Å². The molecular weight excluding hydrogens is 408 g/mol. The third-order valence-corrected chi connectivity index (χ3v) is 5.42. The first-order valence-corrected chi connectivity index (χ1v) is 10.6. The first-order valence-electron chi connectivity index (χ1n) is 10.2. The summed E-state index contributed by atoms with van der Waals surface area (Å²) < 4.78 is 6.02. The van der Waals surface area contributed by atoms with Crippen LogP contribution in [0.15, 0.2) is 85.3 Å². The molecule has 0 atom stereocenters. The van der Waals surface area contributed by atoms with Gasteiger partial charge in [0.15, 0.2) is 0 Å². The molecule has 3 aromatic carbocycles. The Bertz CT molecular complexity index is 1140. The smallest absolute Gasteiger partial charge is 0.141 e. The molecule has 0 aliphatic rings. The quantitative estimate of drug-likeness (QED) is 0.370. The summed E-state index contributed by atoms with van der Waals surface area (Å²) in [4.78, 5) is 19.6. The number of benzene rings is 3. The zero-order chi connectivity index (χ0) is 21.5. The van der Waals surface area contributed by atoms with Crippen LogP contribution in [0.3, 0.4) is 0 Å². The molecule has 4 nitrogen and oxygen atoms in total. The van der Waals surface area contributed by atoms with Crippen LogP contribution in [-0.4, -0.2) is 22.4 Å². The van der Waals surface area contributed by atoms with Crippen molar-refractivity contribution in [3.05, 3.63) is 107 Å². The van der Waals surface area contributed by atoms with E-state index in [9.17, 15) is 4.79 Å². The highest BCUT2D eigenvalue weighted by Crippen LogP contribution is 2.28. The van der Waals surface area contributed by atoms with Crippen molar-refractivity contribution in [1.82, 2.24) is 9.97 Å². The molecule has 4 rings (SSSR count). The fourth-order valence-corrected chi connectivity index (χ4v) is 3.80. The van der Waals surface area contributed by atoms with Crippen molar-refractivity contribution >= 4 is 17.4 Å². The summed E-state index contributed by atoms with van der Waals surface area (Å²) in [5, 5.41) is 0.662. The number of hydrogen-bond acceptors (Lipinski definition) is 3. The average Bonchev–Trinajstić information content (AvgIpc) is 3.31. The van der Waals surface area contributed by atoms with E-state index in [0.29, 0.717) is 30.9 Å². The van der Waals surface area contributed by atoms with Gasteiger partial charge in [0.2, 0.25) is 0 Å². The second-order valence-electron chi connectivity index (χ2n) is 7.36. The number of hydrogen-bond donors (Lipinski definition) is 1. The minimum absolute atomic E-state index is 0.175. The van der Waals surface area contributed by atoms with Crippen molar-refractivity contribution in [2.24, 2.45) is 0 Å². The Balaban J connectivity index is 1.34. The molecule has 0 spiro atoms. The number of Topliss-reactive ketones (excluding diaryl/α,β-unsaturated/α-hetero) is 1. The predicted molar refractivity (Wildman–Crippen MR) is 124 cm³/mol. The van der Waals surface area contributed by atoms with E-state index in [1.54, 1.807) is 12.5 Å². The highest BCUT2D eigenvalue weighted by molar-refractivity contribution is 6.31. The summed E-state index contributed by atoms with van der Waals surface area (Å²) in [5.41, 5.74) is 4.85. The molecule has 0 saturated heterocycles. The predicted octanol–water partition coefficient (Wildman–Crippen LogP) is 5.71. The minimum atomic E-state index is 0.175. The van der Waals surface area contributed by atoms with Gasteiger partial charge in [-0.15, -0.1) is 0 Å². The van der Waals surface area contributed by atoms with E-state index in [2.05, 4.69) is 9.97 Å². The molecule has 0 amide bonds. The van der Waals surface area contributed by atoms with Crippen LogP contribution in [0.1, 0.15) is 16.7 Å². The van der Waals surface area contributed by atoms with E-state index in [4.69, 9.17) is 16.3 Å². The maximum absolute atomic E-state index is 12.4. The molecule has 0 bridgehead atoms. The van der Waals surface area contributed by atoms with Crippen LogP contribution in [0.2, 0.25) is 5.02 Å². The number of imidazole rings is 1. The molecule has 1 aromatic heterocycles. The number of aromatic amines is 1. The van der Waals surface area contributed by atoms with Crippen molar-refractivity contribution in [2.75, 3.05) is 6.61 Å². The maximum Gasteiger partial charge on any atom is 0.141 e. The van der Waals surface area contributed by atoms with Crippen LogP contribution < -0.4 is 4.74 Å². The van der Waals surface area contributed by atoms with Crippen molar-refractivity contribution in [1.29, 1.82) is 0 Å². The zero-order valence-corrected chi connectivity index (χ0v) is 17.8. The number of ketones is 1. The number of nitrogens with one attached hydrogen (secondary N) is 1. The third kappa shape index (κ3) is 5.62. The van der Waals surface area contributed by atoms with Gasteiger partial charge in [-0.1, -0.05) is 66.2 Å². The Labute approximate surface area is 186 Å². The number of rotatable bonds is 9. The van der Waals surface area contributed by atoms with E-state index >= 15 is 0 Å². The molecule has 0 unspecified atom stereocenters. The van der Waals surface area contributed by atoms with E-state index < -0.39 is 0 Å². The van der Waals surface area contributed by atoms with Gasteiger partial charge in [-0.05, 0) is 34.9 Å². The molecule has 5 heteroatoms. The average molecular weight is 431 g/mol. The lowest BCUT2D eigenvalue weighted by molar-refractivity contribution is -0.117. The highest BCUT2D eigenvalue weighted by atomic mass is 35.5. The van der Waals surface area contributed by atoms with E-state index in [1.807, 2.05) is 72.8 Å². The second kappa shape index (κ2) is 10.1. The fourth-order valence-electron chi connectivity index (χ4n) is 3.51. The number of H-pyrrole nitrogens is 1. The molecule has 0 radical (unpaired) electrons. The van der Waals surface area contributed by atoms with Gasteiger partial charge in [-0.2, -0.15) is 0 Å². The molecule has 0 fully saturated rings. The summed E-state index contributed by atoms with van der Waals surface area (Å²) in [6, 6.07) is 23.5. The minimum Gasteiger partial charge on any atom is -0.493 e. The van der Waals surface area contributed by atoms with Crippen LogP contribution in [0.25, 0.3) is 11.3 Å². The van der Waals surface area contributed by atoms with E-state index in [0.717, 1.165) is 33.7 Å². The fraction of sp³-hybridized carbons (Fsp3) is 0.154. The van der Waals surface area contributed by atoms with Crippen LogP contribution in [-0.2, 0) is 24.1 Å². The van der Waals surface area contributed by atoms with Gasteiger partial charge < -0.3 is 9.72 Å². The first-order chi connectivity index (χ1) is 15.2. The molecule has 0 aliphatic carbocycles. The lowest BCUT2D eigenvalue weighted by Gasteiger charge is -2.12. The highest BCUT2D eigenvalue weighted by Gasteiger charge is 2.10. The van der Waals surface area contributed by atoms with Crippen LogP contribution in [0.4, 0.5) is 0 Å². The number of carbonyl (C=O) groups excluding carboxylic acids is 1. The topological polar surface area (TPSA) is 55.0 Å². The number of ether oxygens (including phenoxy) is 1. The number of carbonyl (C=O) groups is 1. The summed E-state index contributed by atoms with van der Waals surface area (Å²) >= 11 is 6.49. The Morgan fingerprint density at radius 3 is 2.48 bits per heavy atom. The molecule has 1 heterocycles. The van der Waals surface area contributed by atoms with Gasteiger partial charge in [0, 0.05) is 29.8 Å². The molecule has 31 heavy (non-hydrogen) atoms. The molecule has 0 aliphatic heterocycles. The number of nitrogens with zero attached hydrogens (tertiary/aromatic N) is 1. The third-order valence-electron chi connectivity index (χ3n) is 5.07. The summed E-state index contributed by atoms with van der Waals surface area (Å²) in [6.45, 7) is 0.497. The summed E-state index contributed by atoms with van der Waals surface area (Å²) in [6.07, 6.45) is 4.91. The van der Waals surface area contributed by atoms with Crippen molar-refractivity contribution in [3.63, 3.8) is 0 Å². The maximum atomic E-state index is 12.4. The van der Waals surface area contributed by atoms with Crippen molar-refractivity contribution in [3.8, 4) is 17.0 Å². The molecule has 1 N–H and O–H groups in total. The second-order valence-corrected chi connectivity index (χ2v) is 7.77. The first kappa shape index (κ1) is 20.9. The Morgan fingerprint density at radius 2 is 1.71 bits per heavy atom. The van der Waals surface area contributed by atoms with Crippen LogP contribution >= 0.6 is 11.6 Å². The van der Waals surface area contributed by atoms with Crippen molar-refractivity contribution < 1.29 is 9.53 Å². The normalized spacial score (nSPS) is 10.7. The Kier molecular flexibility index (Phi) is 6.80. The molecule has 0 saturated carbocycles.